The van der Waals surface area contributed by atoms with Gasteiger partial charge in [0.1, 0.15) is 5.01 Å². The van der Waals surface area contributed by atoms with Crippen LogP contribution in [0.2, 0.25) is 0 Å². The molecule has 142 valence electrons. The van der Waals surface area contributed by atoms with Crippen LogP contribution in [0.3, 0.4) is 0 Å². The van der Waals surface area contributed by atoms with E-state index < -0.39 is 0 Å². The lowest BCUT2D eigenvalue weighted by atomic mass is 10.1. The van der Waals surface area contributed by atoms with Gasteiger partial charge in [0, 0.05) is 34.1 Å². The van der Waals surface area contributed by atoms with E-state index in [1.165, 1.54) is 17.7 Å². The molecule has 1 amide bonds. The summed E-state index contributed by atoms with van der Waals surface area (Å²) in [4.78, 5) is 20.7. The highest BCUT2D eigenvalue weighted by Gasteiger charge is 2.24. The summed E-state index contributed by atoms with van der Waals surface area (Å²) in [5.41, 5.74) is 2.35. The van der Waals surface area contributed by atoms with Crippen molar-refractivity contribution in [3.63, 3.8) is 0 Å². The van der Waals surface area contributed by atoms with Crippen molar-refractivity contribution in [1.82, 2.24) is 25.4 Å². The molecule has 7 heteroatoms. The van der Waals surface area contributed by atoms with E-state index >= 15 is 0 Å². The molecule has 0 radical (unpaired) electrons. The molecule has 1 aliphatic heterocycles. The Morgan fingerprint density at radius 3 is 3.04 bits per heavy atom. The van der Waals surface area contributed by atoms with Crippen LogP contribution in [0.1, 0.15) is 41.6 Å². The summed E-state index contributed by atoms with van der Waals surface area (Å²) in [6, 6.07) is 6.64. The number of rotatable bonds is 5. The Balaban J connectivity index is 1.49. The highest BCUT2D eigenvalue weighted by atomic mass is 32.1. The van der Waals surface area contributed by atoms with Crippen LogP contribution in [-0.2, 0) is 0 Å². The Morgan fingerprint density at radius 1 is 1.48 bits per heavy atom. The van der Waals surface area contributed by atoms with Crippen LogP contribution in [0.15, 0.2) is 24.4 Å². The van der Waals surface area contributed by atoms with E-state index in [0.717, 1.165) is 34.4 Å². The molecule has 3 heterocycles. The molecule has 0 bridgehead atoms. The number of nitrogens with zero attached hydrogens (tertiary/aromatic N) is 3. The molecule has 6 nitrogen and oxygen atoms in total. The number of hydrogen-bond donors (Lipinski definition) is 2. The first-order valence-electron chi connectivity index (χ1n) is 9.43. The summed E-state index contributed by atoms with van der Waals surface area (Å²) in [5.74, 6) is -0.118. The lowest BCUT2D eigenvalue weighted by molar-refractivity contribution is 0.0929. The third-order valence-electron chi connectivity index (χ3n) is 5.32. The van der Waals surface area contributed by atoms with Crippen molar-refractivity contribution >= 4 is 28.1 Å². The Morgan fingerprint density at radius 2 is 2.33 bits per heavy atom. The number of fused-ring (bicyclic) bond motifs is 1. The standard InChI is InChI=1S/C20H25N5OS/c1-12(9-15-5-4-8-25(15)3)22-19(26)18-16-7-6-14(10-17(16)23-24-18)20-21-11-13(2)27-20/h6-7,10-12,15H,4-5,8-9H2,1-3H3,(H,22,26)(H,23,24). The van der Waals surface area contributed by atoms with Gasteiger partial charge in [0.15, 0.2) is 5.69 Å². The smallest absolute Gasteiger partial charge is 0.272 e. The van der Waals surface area contributed by atoms with E-state index in [2.05, 4.69) is 39.4 Å². The SMILES string of the molecule is Cc1cnc(-c2ccc3c(C(=O)NC(C)CC4CCCN4C)n[nH]c3c2)s1. The number of aryl methyl sites for hydroxylation is 1. The molecule has 27 heavy (non-hydrogen) atoms. The molecule has 2 aromatic heterocycles. The average molecular weight is 384 g/mol. The maximum absolute atomic E-state index is 12.7. The van der Waals surface area contributed by atoms with Crippen LogP contribution in [-0.4, -0.2) is 51.7 Å². The van der Waals surface area contributed by atoms with Crippen molar-refractivity contribution < 1.29 is 4.79 Å². The maximum atomic E-state index is 12.7. The summed E-state index contributed by atoms with van der Waals surface area (Å²) < 4.78 is 0. The number of thiazole rings is 1. The van der Waals surface area contributed by atoms with Gasteiger partial charge in [-0.1, -0.05) is 6.07 Å². The predicted octanol–water partition coefficient (Wildman–Crippen LogP) is 3.60. The molecule has 2 atom stereocenters. The van der Waals surface area contributed by atoms with Crippen molar-refractivity contribution in [3.8, 4) is 10.6 Å². The minimum Gasteiger partial charge on any atom is -0.348 e. The quantitative estimate of drug-likeness (QED) is 0.706. The van der Waals surface area contributed by atoms with Gasteiger partial charge in [-0.05, 0) is 58.8 Å². The number of aromatic amines is 1. The largest absolute Gasteiger partial charge is 0.348 e. The molecule has 2 unspecified atom stereocenters. The number of amides is 1. The van der Waals surface area contributed by atoms with Crippen LogP contribution in [0.4, 0.5) is 0 Å². The first-order valence-corrected chi connectivity index (χ1v) is 10.2. The summed E-state index contributed by atoms with van der Waals surface area (Å²) in [6.07, 6.45) is 5.30. The van der Waals surface area contributed by atoms with E-state index in [9.17, 15) is 4.79 Å². The van der Waals surface area contributed by atoms with Crippen molar-refractivity contribution in [2.75, 3.05) is 13.6 Å². The molecule has 2 N–H and O–H groups in total. The number of likely N-dealkylation sites (tertiary alicyclic amines) is 1. The van der Waals surface area contributed by atoms with Crippen molar-refractivity contribution in [2.45, 2.75) is 45.2 Å². The van der Waals surface area contributed by atoms with Gasteiger partial charge in [-0.25, -0.2) is 4.98 Å². The lowest BCUT2D eigenvalue weighted by Gasteiger charge is -2.23. The van der Waals surface area contributed by atoms with Gasteiger partial charge in [0.05, 0.1) is 5.52 Å². The Kier molecular flexibility index (Phi) is 4.97. The van der Waals surface area contributed by atoms with Gasteiger partial charge in [0.25, 0.3) is 5.91 Å². The maximum Gasteiger partial charge on any atom is 0.272 e. The van der Waals surface area contributed by atoms with E-state index in [4.69, 9.17) is 0 Å². The number of H-pyrrole nitrogens is 1. The molecule has 0 saturated carbocycles. The monoisotopic (exact) mass is 383 g/mol. The zero-order chi connectivity index (χ0) is 19.0. The van der Waals surface area contributed by atoms with Gasteiger partial charge in [-0.2, -0.15) is 5.10 Å². The normalized spacial score (nSPS) is 18.9. The molecule has 1 fully saturated rings. The van der Waals surface area contributed by atoms with Crippen molar-refractivity contribution in [1.29, 1.82) is 0 Å². The van der Waals surface area contributed by atoms with E-state index in [1.54, 1.807) is 11.3 Å². The van der Waals surface area contributed by atoms with E-state index in [-0.39, 0.29) is 11.9 Å². The first kappa shape index (κ1) is 18.1. The summed E-state index contributed by atoms with van der Waals surface area (Å²) in [6.45, 7) is 5.26. The lowest BCUT2D eigenvalue weighted by Crippen LogP contribution is -2.38. The highest BCUT2D eigenvalue weighted by Crippen LogP contribution is 2.28. The number of carbonyl (C=O) groups is 1. The molecular weight excluding hydrogens is 358 g/mol. The van der Waals surface area contributed by atoms with Gasteiger partial charge in [-0.15, -0.1) is 11.3 Å². The van der Waals surface area contributed by atoms with Crippen molar-refractivity contribution in [2.24, 2.45) is 0 Å². The van der Waals surface area contributed by atoms with Crippen LogP contribution in [0.25, 0.3) is 21.5 Å². The fourth-order valence-electron chi connectivity index (χ4n) is 3.85. The second kappa shape index (κ2) is 7.40. The highest BCUT2D eigenvalue weighted by molar-refractivity contribution is 7.14. The summed E-state index contributed by atoms with van der Waals surface area (Å²) in [5, 5.41) is 12.2. The van der Waals surface area contributed by atoms with Crippen LogP contribution in [0, 0.1) is 6.92 Å². The molecular formula is C20H25N5OS. The fourth-order valence-corrected chi connectivity index (χ4v) is 4.61. The third-order valence-corrected chi connectivity index (χ3v) is 6.28. The Labute approximate surface area is 163 Å². The molecule has 3 aromatic rings. The summed E-state index contributed by atoms with van der Waals surface area (Å²) in [7, 11) is 2.16. The minimum absolute atomic E-state index is 0.118. The fraction of sp³-hybridized carbons (Fsp3) is 0.450. The molecule has 0 aliphatic carbocycles. The Hall–Kier alpha value is -2.25. The number of carbonyl (C=O) groups excluding carboxylic acids is 1. The average Bonchev–Trinajstić information content (AvgIpc) is 3.35. The van der Waals surface area contributed by atoms with Crippen molar-refractivity contribution in [3.05, 3.63) is 35.0 Å². The molecule has 1 aliphatic rings. The van der Waals surface area contributed by atoms with E-state index in [1.807, 2.05) is 31.3 Å². The van der Waals surface area contributed by atoms with Crippen LogP contribution in [0.5, 0.6) is 0 Å². The predicted molar refractivity (Wildman–Crippen MR) is 109 cm³/mol. The van der Waals surface area contributed by atoms with E-state index in [0.29, 0.717) is 11.7 Å². The second-order valence-electron chi connectivity index (χ2n) is 7.50. The second-order valence-corrected chi connectivity index (χ2v) is 8.73. The number of nitrogens with one attached hydrogen (secondary N) is 2. The molecule has 0 spiro atoms. The third kappa shape index (κ3) is 3.75. The minimum atomic E-state index is -0.118. The number of benzene rings is 1. The molecule has 1 saturated heterocycles. The molecule has 4 rings (SSSR count). The van der Waals surface area contributed by atoms with Crippen LogP contribution >= 0.6 is 11.3 Å². The van der Waals surface area contributed by atoms with Gasteiger partial charge >= 0.3 is 0 Å². The Bertz CT molecular complexity index is 962. The summed E-state index contributed by atoms with van der Waals surface area (Å²) >= 11 is 1.66. The molecule has 1 aromatic carbocycles. The topological polar surface area (TPSA) is 73.9 Å². The number of hydrogen-bond acceptors (Lipinski definition) is 5. The zero-order valence-electron chi connectivity index (χ0n) is 16.0. The van der Waals surface area contributed by atoms with Gasteiger partial charge in [0.2, 0.25) is 0 Å². The zero-order valence-corrected chi connectivity index (χ0v) is 16.8. The van der Waals surface area contributed by atoms with Crippen LogP contribution < -0.4 is 5.32 Å². The number of aromatic nitrogens is 3. The van der Waals surface area contributed by atoms with Gasteiger partial charge < -0.3 is 10.2 Å². The van der Waals surface area contributed by atoms with Gasteiger partial charge in [-0.3, -0.25) is 9.89 Å². The first-order chi connectivity index (χ1) is 13.0.